The minimum Gasteiger partial charge on any atom is -0.485 e. The lowest BCUT2D eigenvalue weighted by Gasteiger charge is -2.15. The van der Waals surface area contributed by atoms with E-state index in [1.54, 1.807) is 19.5 Å². The van der Waals surface area contributed by atoms with Crippen LogP contribution in [0.2, 0.25) is 0 Å². The van der Waals surface area contributed by atoms with Gasteiger partial charge in [-0.15, -0.1) is 0 Å². The van der Waals surface area contributed by atoms with Crippen molar-refractivity contribution in [1.29, 1.82) is 0 Å². The first-order valence-electron chi connectivity index (χ1n) is 4.12. The zero-order chi connectivity index (χ0) is 9.52. The predicted molar refractivity (Wildman–Crippen MR) is 49.6 cm³/mol. The Balaban J connectivity index is 2.46. The molecular formula is C9H14N2O2. The number of nitrogens with two attached hydrogens (primary N) is 1. The van der Waals surface area contributed by atoms with Crippen LogP contribution in [0.3, 0.4) is 0 Å². The molecule has 72 valence electrons. The summed E-state index contributed by atoms with van der Waals surface area (Å²) < 4.78 is 10.4. The van der Waals surface area contributed by atoms with Crippen molar-refractivity contribution in [3.05, 3.63) is 24.5 Å². The summed E-state index contributed by atoms with van der Waals surface area (Å²) in [6.07, 6.45) is 3.24. The van der Waals surface area contributed by atoms with E-state index >= 15 is 0 Å². The third-order valence-electron chi connectivity index (χ3n) is 1.55. The molecule has 0 saturated carbocycles. The van der Waals surface area contributed by atoms with E-state index in [-0.39, 0.29) is 6.10 Å². The van der Waals surface area contributed by atoms with Crippen molar-refractivity contribution in [1.82, 2.24) is 4.98 Å². The van der Waals surface area contributed by atoms with Gasteiger partial charge in [0.1, 0.15) is 11.9 Å². The fraction of sp³-hybridized carbons (Fsp3) is 0.444. The summed E-state index contributed by atoms with van der Waals surface area (Å²) in [6.45, 7) is 0.925. The monoisotopic (exact) mass is 182 g/mol. The van der Waals surface area contributed by atoms with Gasteiger partial charge in [0.25, 0.3) is 0 Å². The molecule has 0 aromatic carbocycles. The average molecular weight is 182 g/mol. The minimum absolute atomic E-state index is 0.103. The number of hydrogen-bond donors (Lipinski definition) is 1. The second-order valence-corrected chi connectivity index (χ2v) is 2.62. The summed E-state index contributed by atoms with van der Waals surface area (Å²) in [5.41, 5.74) is 5.48. The van der Waals surface area contributed by atoms with E-state index in [9.17, 15) is 0 Å². The molecule has 2 N–H and O–H groups in total. The number of hydrogen-bond acceptors (Lipinski definition) is 4. The number of nitrogens with zero attached hydrogens (tertiary/aromatic N) is 1. The number of aromatic nitrogens is 1. The third kappa shape index (κ3) is 3.40. The van der Waals surface area contributed by atoms with E-state index < -0.39 is 0 Å². The van der Waals surface area contributed by atoms with Crippen LogP contribution in [0.4, 0.5) is 0 Å². The number of rotatable bonds is 5. The molecule has 0 aliphatic rings. The van der Waals surface area contributed by atoms with Crippen LogP contribution < -0.4 is 10.5 Å². The van der Waals surface area contributed by atoms with Gasteiger partial charge in [0.15, 0.2) is 0 Å². The summed E-state index contributed by atoms with van der Waals surface area (Å²) in [5, 5.41) is 0. The SMILES string of the molecule is COCC(CN)Oc1cccnc1. The smallest absolute Gasteiger partial charge is 0.138 e. The van der Waals surface area contributed by atoms with Gasteiger partial charge in [-0.1, -0.05) is 0 Å². The van der Waals surface area contributed by atoms with Gasteiger partial charge in [0.05, 0.1) is 12.8 Å². The molecule has 0 aliphatic carbocycles. The van der Waals surface area contributed by atoms with Crippen LogP contribution in [0.5, 0.6) is 5.75 Å². The van der Waals surface area contributed by atoms with E-state index in [4.69, 9.17) is 15.2 Å². The van der Waals surface area contributed by atoms with Crippen LogP contribution in [0.15, 0.2) is 24.5 Å². The Bertz CT molecular complexity index is 228. The van der Waals surface area contributed by atoms with Gasteiger partial charge in [-0.25, -0.2) is 0 Å². The maximum Gasteiger partial charge on any atom is 0.138 e. The molecule has 0 bridgehead atoms. The van der Waals surface area contributed by atoms with Crippen molar-refractivity contribution in [3.63, 3.8) is 0 Å². The normalized spacial score (nSPS) is 12.5. The van der Waals surface area contributed by atoms with Gasteiger partial charge in [0.2, 0.25) is 0 Å². The molecule has 4 nitrogen and oxygen atoms in total. The van der Waals surface area contributed by atoms with Crippen LogP contribution in [0, 0.1) is 0 Å². The molecule has 0 radical (unpaired) electrons. The van der Waals surface area contributed by atoms with Crippen molar-refractivity contribution >= 4 is 0 Å². The summed E-state index contributed by atoms with van der Waals surface area (Å²) in [6, 6.07) is 3.65. The Morgan fingerprint density at radius 2 is 2.46 bits per heavy atom. The van der Waals surface area contributed by atoms with Crippen molar-refractivity contribution in [2.45, 2.75) is 6.10 Å². The number of pyridine rings is 1. The van der Waals surface area contributed by atoms with Gasteiger partial charge >= 0.3 is 0 Å². The van der Waals surface area contributed by atoms with E-state index in [1.165, 1.54) is 0 Å². The topological polar surface area (TPSA) is 57.4 Å². The lowest BCUT2D eigenvalue weighted by Crippen LogP contribution is -2.31. The zero-order valence-electron chi connectivity index (χ0n) is 7.64. The summed E-state index contributed by atoms with van der Waals surface area (Å²) >= 11 is 0. The molecule has 1 aromatic heterocycles. The molecule has 1 unspecified atom stereocenters. The molecule has 0 spiro atoms. The molecule has 0 saturated heterocycles. The Morgan fingerprint density at radius 3 is 3.00 bits per heavy atom. The maximum atomic E-state index is 5.49. The number of ether oxygens (including phenoxy) is 2. The van der Waals surface area contributed by atoms with Crippen molar-refractivity contribution in [3.8, 4) is 5.75 Å². The van der Waals surface area contributed by atoms with Crippen LogP contribution in [0.25, 0.3) is 0 Å². The van der Waals surface area contributed by atoms with Crippen LogP contribution in [-0.2, 0) is 4.74 Å². The van der Waals surface area contributed by atoms with E-state index in [1.807, 2.05) is 12.1 Å². The van der Waals surface area contributed by atoms with E-state index in [0.29, 0.717) is 13.2 Å². The van der Waals surface area contributed by atoms with Crippen molar-refractivity contribution in [2.75, 3.05) is 20.3 Å². The minimum atomic E-state index is -0.103. The third-order valence-corrected chi connectivity index (χ3v) is 1.55. The Labute approximate surface area is 77.7 Å². The van der Waals surface area contributed by atoms with Crippen molar-refractivity contribution in [2.24, 2.45) is 5.73 Å². The van der Waals surface area contributed by atoms with E-state index in [2.05, 4.69) is 4.98 Å². The van der Waals surface area contributed by atoms with Crippen LogP contribution >= 0.6 is 0 Å². The molecule has 0 fully saturated rings. The Kier molecular flexibility index (Phi) is 4.21. The zero-order valence-corrected chi connectivity index (χ0v) is 7.64. The highest BCUT2D eigenvalue weighted by Gasteiger charge is 2.06. The fourth-order valence-corrected chi connectivity index (χ4v) is 0.945. The van der Waals surface area contributed by atoms with Gasteiger partial charge in [-0.05, 0) is 12.1 Å². The van der Waals surface area contributed by atoms with Gasteiger partial charge < -0.3 is 15.2 Å². The molecule has 13 heavy (non-hydrogen) atoms. The summed E-state index contributed by atoms with van der Waals surface area (Å²) in [7, 11) is 1.62. The first kappa shape index (κ1) is 9.95. The molecule has 1 atom stereocenters. The first-order valence-corrected chi connectivity index (χ1v) is 4.12. The first-order chi connectivity index (χ1) is 6.36. The highest BCUT2D eigenvalue weighted by atomic mass is 16.5. The summed E-state index contributed by atoms with van der Waals surface area (Å²) in [5.74, 6) is 0.718. The highest BCUT2D eigenvalue weighted by Crippen LogP contribution is 2.08. The van der Waals surface area contributed by atoms with Crippen molar-refractivity contribution < 1.29 is 9.47 Å². The standard InChI is InChI=1S/C9H14N2O2/c1-12-7-9(5-10)13-8-3-2-4-11-6-8/h2-4,6,9H,5,7,10H2,1H3. The molecular weight excluding hydrogens is 168 g/mol. The van der Waals surface area contributed by atoms with Crippen LogP contribution in [-0.4, -0.2) is 31.3 Å². The molecule has 1 heterocycles. The second-order valence-electron chi connectivity index (χ2n) is 2.62. The molecule has 0 aliphatic heterocycles. The fourth-order valence-electron chi connectivity index (χ4n) is 0.945. The van der Waals surface area contributed by atoms with Gasteiger partial charge in [-0.3, -0.25) is 4.98 Å². The lowest BCUT2D eigenvalue weighted by molar-refractivity contribution is 0.0858. The van der Waals surface area contributed by atoms with Crippen LogP contribution in [0.1, 0.15) is 0 Å². The van der Waals surface area contributed by atoms with Gasteiger partial charge in [0, 0.05) is 19.9 Å². The molecule has 4 heteroatoms. The molecule has 0 amide bonds. The number of methoxy groups -OCH3 is 1. The Hall–Kier alpha value is -1.13. The predicted octanol–water partition coefficient (Wildman–Crippen LogP) is 0.434. The van der Waals surface area contributed by atoms with Gasteiger partial charge in [-0.2, -0.15) is 0 Å². The highest BCUT2D eigenvalue weighted by molar-refractivity contribution is 5.15. The Morgan fingerprint density at radius 1 is 1.62 bits per heavy atom. The summed E-state index contributed by atoms with van der Waals surface area (Å²) in [4.78, 5) is 3.93. The lowest BCUT2D eigenvalue weighted by atomic mass is 10.3. The second kappa shape index (κ2) is 5.50. The molecule has 1 rings (SSSR count). The average Bonchev–Trinajstić information content (AvgIpc) is 2.19. The largest absolute Gasteiger partial charge is 0.485 e. The molecule has 1 aromatic rings. The van der Waals surface area contributed by atoms with E-state index in [0.717, 1.165) is 5.75 Å². The quantitative estimate of drug-likeness (QED) is 0.717. The maximum absolute atomic E-state index is 5.49.